The van der Waals surface area contributed by atoms with Gasteiger partial charge in [-0.15, -0.1) is 5.10 Å². The Morgan fingerprint density at radius 2 is 1.82 bits per heavy atom. The average Bonchev–Trinajstić information content (AvgIpc) is 3.08. The molecule has 4 aromatic heterocycles. The Kier molecular flexibility index (Phi) is 3.51. The van der Waals surface area contributed by atoms with E-state index in [9.17, 15) is 9.18 Å². The van der Waals surface area contributed by atoms with E-state index in [-0.39, 0.29) is 11.4 Å². The normalized spacial score (nSPS) is 11.4. The molecule has 28 heavy (non-hydrogen) atoms. The molecule has 5 rings (SSSR count). The largest absolute Gasteiger partial charge is 0.268 e. The highest BCUT2D eigenvalue weighted by Gasteiger charge is 2.18. The Balaban J connectivity index is 1.94. The van der Waals surface area contributed by atoms with E-state index in [0.717, 1.165) is 0 Å². The highest BCUT2D eigenvalue weighted by molar-refractivity contribution is 5.93. The van der Waals surface area contributed by atoms with E-state index >= 15 is 0 Å². The number of pyridine rings is 2. The zero-order chi connectivity index (χ0) is 19.3. The number of hydrogen-bond donors (Lipinski definition) is 0. The van der Waals surface area contributed by atoms with Crippen LogP contribution in [0.3, 0.4) is 0 Å². The maximum atomic E-state index is 13.5. The van der Waals surface area contributed by atoms with Crippen molar-refractivity contribution in [3.8, 4) is 17.1 Å². The van der Waals surface area contributed by atoms with E-state index < -0.39 is 0 Å². The molecule has 7 nitrogen and oxygen atoms in total. The van der Waals surface area contributed by atoms with Crippen molar-refractivity contribution in [3.05, 3.63) is 82.9 Å². The standard InChI is InChI=1S/C20H13FN6O/c1-12-23-20-24-15-9-11-26(16-4-2-3-10-22-16)19(28)17(15)18(27(20)25-12)13-5-7-14(21)8-6-13/h2-11H,1H3. The molecule has 0 saturated heterocycles. The molecule has 136 valence electrons. The Hall–Kier alpha value is -3.94. The number of benzene rings is 1. The molecule has 1 aromatic carbocycles. The van der Waals surface area contributed by atoms with Crippen LogP contribution in [0.5, 0.6) is 0 Å². The van der Waals surface area contributed by atoms with Crippen LogP contribution >= 0.6 is 0 Å². The molecule has 0 radical (unpaired) electrons. The summed E-state index contributed by atoms with van der Waals surface area (Å²) < 4.78 is 16.5. The Bertz CT molecular complexity index is 1390. The molecule has 0 aliphatic carbocycles. The third kappa shape index (κ3) is 2.46. The summed E-state index contributed by atoms with van der Waals surface area (Å²) in [4.78, 5) is 26.4. The van der Waals surface area contributed by atoms with Gasteiger partial charge in [-0.2, -0.15) is 9.50 Å². The van der Waals surface area contributed by atoms with Crippen molar-refractivity contribution in [2.75, 3.05) is 0 Å². The van der Waals surface area contributed by atoms with Gasteiger partial charge < -0.3 is 0 Å². The molecular weight excluding hydrogens is 359 g/mol. The molecule has 4 heterocycles. The zero-order valence-electron chi connectivity index (χ0n) is 14.7. The van der Waals surface area contributed by atoms with Gasteiger partial charge in [-0.1, -0.05) is 6.07 Å². The quantitative estimate of drug-likeness (QED) is 0.476. The lowest BCUT2D eigenvalue weighted by molar-refractivity contribution is 0.628. The second-order valence-corrected chi connectivity index (χ2v) is 6.28. The molecule has 0 unspecified atom stereocenters. The van der Waals surface area contributed by atoms with Crippen LogP contribution in [0.25, 0.3) is 33.8 Å². The van der Waals surface area contributed by atoms with Gasteiger partial charge in [-0.3, -0.25) is 9.36 Å². The highest BCUT2D eigenvalue weighted by Crippen LogP contribution is 2.26. The molecular formula is C20H13FN6O. The number of nitrogens with zero attached hydrogens (tertiary/aromatic N) is 6. The summed E-state index contributed by atoms with van der Waals surface area (Å²) in [5.41, 5.74) is 1.34. The van der Waals surface area contributed by atoms with Crippen molar-refractivity contribution in [1.82, 2.24) is 29.1 Å². The molecule has 0 aliphatic heterocycles. The lowest BCUT2D eigenvalue weighted by Crippen LogP contribution is -2.20. The summed E-state index contributed by atoms with van der Waals surface area (Å²) in [5.74, 6) is 1.03. The summed E-state index contributed by atoms with van der Waals surface area (Å²) in [5, 5.41) is 4.75. The van der Waals surface area contributed by atoms with E-state index in [2.05, 4.69) is 20.1 Å². The van der Waals surface area contributed by atoms with Crippen LogP contribution in [0.15, 0.2) is 65.7 Å². The fourth-order valence-corrected chi connectivity index (χ4v) is 3.23. The molecule has 0 amide bonds. The van der Waals surface area contributed by atoms with Gasteiger partial charge in [0.2, 0.25) is 0 Å². The Morgan fingerprint density at radius 3 is 2.57 bits per heavy atom. The topological polar surface area (TPSA) is 78.0 Å². The lowest BCUT2D eigenvalue weighted by atomic mass is 10.1. The SMILES string of the molecule is Cc1nc2nc3ccn(-c4ccccn4)c(=O)c3c(-c3ccc(F)cc3)n2n1. The first kappa shape index (κ1) is 16.2. The number of aromatic nitrogens is 6. The second-order valence-electron chi connectivity index (χ2n) is 6.28. The second kappa shape index (κ2) is 6.05. The van der Waals surface area contributed by atoms with Crippen LogP contribution in [-0.4, -0.2) is 29.1 Å². The monoisotopic (exact) mass is 372 g/mol. The van der Waals surface area contributed by atoms with E-state index in [0.29, 0.717) is 39.6 Å². The van der Waals surface area contributed by atoms with Gasteiger partial charge in [-0.25, -0.2) is 14.4 Å². The fraction of sp³-hybridized carbons (Fsp3) is 0.0500. The van der Waals surface area contributed by atoms with Gasteiger partial charge in [0.05, 0.1) is 16.6 Å². The van der Waals surface area contributed by atoms with Gasteiger partial charge >= 0.3 is 0 Å². The van der Waals surface area contributed by atoms with E-state index in [4.69, 9.17) is 0 Å². The summed E-state index contributed by atoms with van der Waals surface area (Å²) in [6.07, 6.45) is 3.25. The molecule has 0 aliphatic rings. The molecule has 0 saturated carbocycles. The maximum Gasteiger partial charge on any atom is 0.267 e. The summed E-state index contributed by atoms with van der Waals surface area (Å²) >= 11 is 0. The highest BCUT2D eigenvalue weighted by atomic mass is 19.1. The lowest BCUT2D eigenvalue weighted by Gasteiger charge is -2.11. The number of aryl methyl sites for hydroxylation is 1. The minimum absolute atomic E-state index is 0.293. The van der Waals surface area contributed by atoms with Gasteiger partial charge in [0.15, 0.2) is 0 Å². The molecule has 0 spiro atoms. The third-order valence-corrected chi connectivity index (χ3v) is 4.45. The molecule has 0 bridgehead atoms. The van der Waals surface area contributed by atoms with Crippen molar-refractivity contribution in [3.63, 3.8) is 0 Å². The van der Waals surface area contributed by atoms with Crippen molar-refractivity contribution < 1.29 is 4.39 Å². The number of fused-ring (bicyclic) bond motifs is 2. The van der Waals surface area contributed by atoms with Crippen LogP contribution in [0.1, 0.15) is 5.82 Å². The smallest absolute Gasteiger partial charge is 0.267 e. The van der Waals surface area contributed by atoms with Crippen molar-refractivity contribution >= 4 is 16.7 Å². The van der Waals surface area contributed by atoms with Crippen molar-refractivity contribution in [2.24, 2.45) is 0 Å². The number of rotatable bonds is 2. The zero-order valence-corrected chi connectivity index (χ0v) is 14.7. The van der Waals surface area contributed by atoms with Crippen molar-refractivity contribution in [2.45, 2.75) is 6.92 Å². The molecule has 8 heteroatoms. The van der Waals surface area contributed by atoms with E-state index in [1.165, 1.54) is 21.2 Å². The summed E-state index contributed by atoms with van der Waals surface area (Å²) in [6, 6.07) is 13.0. The minimum Gasteiger partial charge on any atom is -0.268 e. The Morgan fingerprint density at radius 1 is 1.00 bits per heavy atom. The molecule has 0 atom stereocenters. The Labute approximate surface area is 157 Å². The fourth-order valence-electron chi connectivity index (χ4n) is 3.23. The predicted octanol–water partition coefficient (Wildman–Crippen LogP) is 2.94. The molecule has 0 fully saturated rings. The first-order valence-electron chi connectivity index (χ1n) is 8.58. The first-order chi connectivity index (χ1) is 13.6. The average molecular weight is 372 g/mol. The van der Waals surface area contributed by atoms with Gasteiger partial charge in [0, 0.05) is 18.0 Å². The first-order valence-corrected chi connectivity index (χ1v) is 8.58. The van der Waals surface area contributed by atoms with Gasteiger partial charge in [-0.05, 0) is 49.4 Å². The number of halogens is 1. The predicted molar refractivity (Wildman–Crippen MR) is 102 cm³/mol. The van der Waals surface area contributed by atoms with Crippen LogP contribution < -0.4 is 5.56 Å². The van der Waals surface area contributed by atoms with E-state index in [1.54, 1.807) is 49.6 Å². The maximum absolute atomic E-state index is 13.5. The third-order valence-electron chi connectivity index (χ3n) is 4.45. The molecule has 5 aromatic rings. The van der Waals surface area contributed by atoms with Crippen LogP contribution in [0.2, 0.25) is 0 Å². The van der Waals surface area contributed by atoms with Gasteiger partial charge in [0.1, 0.15) is 17.5 Å². The van der Waals surface area contributed by atoms with Crippen LogP contribution in [0, 0.1) is 12.7 Å². The summed E-state index contributed by atoms with van der Waals surface area (Å²) in [7, 11) is 0. The van der Waals surface area contributed by atoms with Crippen molar-refractivity contribution in [1.29, 1.82) is 0 Å². The summed E-state index contributed by atoms with van der Waals surface area (Å²) in [6.45, 7) is 1.75. The number of hydrogen-bond acceptors (Lipinski definition) is 5. The van der Waals surface area contributed by atoms with Crippen LogP contribution in [0.4, 0.5) is 4.39 Å². The van der Waals surface area contributed by atoms with Crippen LogP contribution in [-0.2, 0) is 0 Å². The van der Waals surface area contributed by atoms with E-state index in [1.807, 2.05) is 6.07 Å². The van der Waals surface area contributed by atoms with Gasteiger partial charge in [0.25, 0.3) is 11.3 Å². The minimum atomic E-state index is -0.362. The molecule has 0 N–H and O–H groups in total.